The van der Waals surface area contributed by atoms with Crippen LogP contribution in [-0.2, 0) is 20.9 Å². The van der Waals surface area contributed by atoms with Gasteiger partial charge in [-0.05, 0) is 61.7 Å². The SMILES string of the molecule is CCCOC(=O)c1ccc(CN2C(=O)C(=O)/C(=C(\O)c3ccc(OCC)cc3OCC)C2c2cccnc2)cc1. The van der Waals surface area contributed by atoms with E-state index in [9.17, 15) is 19.5 Å². The molecule has 1 atom stereocenters. The van der Waals surface area contributed by atoms with E-state index in [0.29, 0.717) is 48.0 Å². The average Bonchev–Trinajstić information content (AvgIpc) is 3.22. The molecular weight excluding hydrogens is 512 g/mol. The highest BCUT2D eigenvalue weighted by molar-refractivity contribution is 6.46. The number of ether oxygens (including phenoxy) is 3. The van der Waals surface area contributed by atoms with Crippen molar-refractivity contribution in [3.05, 3.63) is 94.8 Å². The third-order valence-corrected chi connectivity index (χ3v) is 6.34. The first-order chi connectivity index (χ1) is 19.4. The number of aliphatic hydroxyl groups excluding tert-OH is 1. The van der Waals surface area contributed by atoms with Gasteiger partial charge in [-0.2, -0.15) is 0 Å². The van der Waals surface area contributed by atoms with Crippen LogP contribution in [-0.4, -0.2) is 52.5 Å². The van der Waals surface area contributed by atoms with Gasteiger partial charge in [0.2, 0.25) is 0 Å². The zero-order valence-corrected chi connectivity index (χ0v) is 22.8. The minimum Gasteiger partial charge on any atom is -0.507 e. The molecule has 9 nitrogen and oxygen atoms in total. The van der Waals surface area contributed by atoms with Gasteiger partial charge in [0.05, 0.1) is 42.6 Å². The first-order valence-corrected chi connectivity index (χ1v) is 13.2. The van der Waals surface area contributed by atoms with Crippen molar-refractivity contribution in [1.82, 2.24) is 9.88 Å². The summed E-state index contributed by atoms with van der Waals surface area (Å²) in [6.45, 7) is 6.73. The van der Waals surface area contributed by atoms with E-state index in [-0.39, 0.29) is 23.4 Å². The molecule has 0 saturated carbocycles. The predicted octanol–water partition coefficient (Wildman–Crippen LogP) is 5.07. The quantitative estimate of drug-likeness (QED) is 0.154. The Kier molecular flexibility index (Phi) is 9.16. The van der Waals surface area contributed by atoms with E-state index >= 15 is 0 Å². The maximum Gasteiger partial charge on any atom is 0.338 e. The molecule has 1 aromatic heterocycles. The number of benzene rings is 2. The number of esters is 1. The van der Waals surface area contributed by atoms with Crippen LogP contribution in [0.3, 0.4) is 0 Å². The van der Waals surface area contributed by atoms with Gasteiger partial charge in [0, 0.05) is 25.0 Å². The van der Waals surface area contributed by atoms with E-state index in [1.54, 1.807) is 73.9 Å². The second kappa shape index (κ2) is 12.9. The fourth-order valence-electron chi connectivity index (χ4n) is 4.52. The first kappa shape index (κ1) is 28.4. The van der Waals surface area contributed by atoms with Gasteiger partial charge in [0.15, 0.2) is 0 Å². The predicted molar refractivity (Wildman–Crippen MR) is 148 cm³/mol. The van der Waals surface area contributed by atoms with Crippen LogP contribution in [0.1, 0.15) is 60.3 Å². The molecule has 1 N–H and O–H groups in total. The average molecular weight is 545 g/mol. The third kappa shape index (κ3) is 5.98. The van der Waals surface area contributed by atoms with Gasteiger partial charge in [-0.25, -0.2) is 4.79 Å². The Morgan fingerprint density at radius 3 is 2.40 bits per heavy atom. The molecule has 0 aliphatic carbocycles. The number of likely N-dealkylation sites (tertiary alicyclic amines) is 1. The number of aliphatic hydroxyl groups is 1. The second-order valence-corrected chi connectivity index (χ2v) is 9.07. The topological polar surface area (TPSA) is 115 Å². The van der Waals surface area contributed by atoms with Crippen molar-refractivity contribution in [2.45, 2.75) is 39.8 Å². The van der Waals surface area contributed by atoms with Crippen LogP contribution in [0.15, 0.2) is 72.6 Å². The van der Waals surface area contributed by atoms with Crippen LogP contribution in [0, 0.1) is 0 Å². The van der Waals surface area contributed by atoms with Crippen molar-refractivity contribution in [2.24, 2.45) is 0 Å². The molecule has 0 spiro atoms. The number of carbonyl (C=O) groups is 3. The summed E-state index contributed by atoms with van der Waals surface area (Å²) >= 11 is 0. The van der Waals surface area contributed by atoms with E-state index in [4.69, 9.17) is 14.2 Å². The summed E-state index contributed by atoms with van der Waals surface area (Å²) in [5.74, 6) is -1.48. The number of carbonyl (C=O) groups excluding carboxylic acids is 3. The Balaban J connectivity index is 1.75. The van der Waals surface area contributed by atoms with E-state index in [1.807, 2.05) is 13.8 Å². The van der Waals surface area contributed by atoms with Crippen molar-refractivity contribution < 1.29 is 33.7 Å². The monoisotopic (exact) mass is 544 g/mol. The number of amides is 1. The zero-order chi connectivity index (χ0) is 28.6. The van der Waals surface area contributed by atoms with Crippen LogP contribution < -0.4 is 9.47 Å². The Morgan fingerprint density at radius 2 is 1.75 bits per heavy atom. The number of nitrogens with zero attached hydrogens (tertiary/aromatic N) is 2. The molecule has 1 saturated heterocycles. The van der Waals surface area contributed by atoms with Crippen molar-refractivity contribution in [1.29, 1.82) is 0 Å². The minimum absolute atomic E-state index is 0.0623. The number of pyridine rings is 1. The number of aromatic nitrogens is 1. The van der Waals surface area contributed by atoms with Gasteiger partial charge in [-0.1, -0.05) is 25.1 Å². The van der Waals surface area contributed by atoms with Crippen LogP contribution >= 0.6 is 0 Å². The zero-order valence-electron chi connectivity index (χ0n) is 22.8. The molecule has 1 amide bonds. The van der Waals surface area contributed by atoms with Gasteiger partial charge in [0.25, 0.3) is 11.7 Å². The summed E-state index contributed by atoms with van der Waals surface area (Å²) < 4.78 is 16.5. The van der Waals surface area contributed by atoms with Crippen LogP contribution in [0.2, 0.25) is 0 Å². The van der Waals surface area contributed by atoms with E-state index in [1.165, 1.54) is 4.90 Å². The standard InChI is InChI=1S/C31H32N2O7/c1-4-16-40-31(37)21-11-9-20(10-12-21)19-33-27(22-8-7-15-32-18-22)26(29(35)30(33)36)28(34)24-14-13-23(38-5-2)17-25(24)39-6-3/h7-15,17-18,27,34H,4-6,16,19H2,1-3H3/b28-26-. The fraction of sp³-hybridized carbons (Fsp3) is 0.290. The molecule has 9 heteroatoms. The van der Waals surface area contributed by atoms with E-state index in [2.05, 4.69) is 4.98 Å². The lowest BCUT2D eigenvalue weighted by Gasteiger charge is -2.25. The van der Waals surface area contributed by atoms with Crippen molar-refractivity contribution in [3.63, 3.8) is 0 Å². The van der Waals surface area contributed by atoms with Crippen molar-refractivity contribution in [2.75, 3.05) is 19.8 Å². The maximum atomic E-state index is 13.4. The lowest BCUT2D eigenvalue weighted by atomic mass is 9.95. The van der Waals surface area contributed by atoms with Crippen LogP contribution in [0.25, 0.3) is 5.76 Å². The maximum absolute atomic E-state index is 13.4. The van der Waals surface area contributed by atoms with Crippen molar-refractivity contribution in [3.8, 4) is 11.5 Å². The van der Waals surface area contributed by atoms with Gasteiger partial charge < -0.3 is 24.2 Å². The smallest absolute Gasteiger partial charge is 0.338 e. The summed E-state index contributed by atoms with van der Waals surface area (Å²) in [4.78, 5) is 44.6. The molecule has 1 unspecified atom stereocenters. The molecule has 2 aromatic carbocycles. The molecular formula is C31H32N2O7. The summed E-state index contributed by atoms with van der Waals surface area (Å²) in [6, 6.07) is 14.1. The minimum atomic E-state index is -0.899. The summed E-state index contributed by atoms with van der Waals surface area (Å²) in [5.41, 5.74) is 1.85. The second-order valence-electron chi connectivity index (χ2n) is 9.07. The molecule has 0 bridgehead atoms. The number of Topliss-reactive ketones (excluding diaryl/α,β-unsaturated/α-hetero) is 1. The normalized spacial score (nSPS) is 16.2. The summed E-state index contributed by atoms with van der Waals surface area (Å²) in [5, 5.41) is 11.5. The molecule has 1 fully saturated rings. The molecule has 208 valence electrons. The highest BCUT2D eigenvalue weighted by Crippen LogP contribution is 2.42. The first-order valence-electron chi connectivity index (χ1n) is 13.2. The van der Waals surface area contributed by atoms with Gasteiger partial charge in [-0.15, -0.1) is 0 Å². The lowest BCUT2D eigenvalue weighted by molar-refractivity contribution is -0.140. The van der Waals surface area contributed by atoms with Gasteiger partial charge in [0.1, 0.15) is 17.3 Å². The molecule has 2 heterocycles. The van der Waals surface area contributed by atoms with Gasteiger partial charge in [-0.3, -0.25) is 14.6 Å². The summed E-state index contributed by atoms with van der Waals surface area (Å²) in [7, 11) is 0. The lowest BCUT2D eigenvalue weighted by Crippen LogP contribution is -2.29. The number of rotatable bonds is 11. The Morgan fingerprint density at radius 1 is 1.00 bits per heavy atom. The number of hydrogen-bond donors (Lipinski definition) is 1. The largest absolute Gasteiger partial charge is 0.507 e. The Labute approximate surface area is 233 Å². The van der Waals surface area contributed by atoms with Gasteiger partial charge >= 0.3 is 5.97 Å². The Hall–Kier alpha value is -4.66. The molecule has 1 aliphatic heterocycles. The third-order valence-electron chi connectivity index (χ3n) is 6.34. The number of hydrogen-bond acceptors (Lipinski definition) is 8. The molecule has 0 radical (unpaired) electrons. The van der Waals surface area contributed by atoms with E-state index < -0.39 is 23.7 Å². The molecule has 40 heavy (non-hydrogen) atoms. The fourth-order valence-corrected chi connectivity index (χ4v) is 4.52. The molecule has 1 aliphatic rings. The number of ketones is 1. The highest BCUT2D eigenvalue weighted by Gasteiger charge is 2.46. The molecule has 3 aromatic rings. The van der Waals surface area contributed by atoms with E-state index in [0.717, 1.165) is 6.42 Å². The summed E-state index contributed by atoms with van der Waals surface area (Å²) in [6.07, 6.45) is 3.87. The van der Waals surface area contributed by atoms with Crippen molar-refractivity contribution >= 4 is 23.4 Å². The van der Waals surface area contributed by atoms with Crippen LogP contribution in [0.5, 0.6) is 11.5 Å². The highest BCUT2D eigenvalue weighted by atomic mass is 16.5. The van der Waals surface area contributed by atoms with Crippen LogP contribution in [0.4, 0.5) is 0 Å². The molecule has 4 rings (SSSR count). The Bertz CT molecular complexity index is 1400.